The zero-order chi connectivity index (χ0) is 21.4. The Labute approximate surface area is 180 Å². The van der Waals surface area contributed by atoms with Gasteiger partial charge >= 0.3 is 0 Å². The first-order chi connectivity index (χ1) is 15.2. The predicted molar refractivity (Wildman–Crippen MR) is 123 cm³/mol. The summed E-state index contributed by atoms with van der Waals surface area (Å²) in [4.78, 5) is 22.5. The molecule has 0 aliphatic carbocycles. The van der Waals surface area contributed by atoms with E-state index in [-0.39, 0.29) is 11.8 Å². The maximum atomic E-state index is 11.8. The van der Waals surface area contributed by atoms with E-state index in [9.17, 15) is 4.79 Å². The summed E-state index contributed by atoms with van der Waals surface area (Å²) in [5.74, 6) is 1.68. The number of carbonyl (C=O) groups is 1. The minimum absolute atomic E-state index is 0.0435. The minimum atomic E-state index is -0.0435. The summed E-state index contributed by atoms with van der Waals surface area (Å²) in [5.41, 5.74) is 2.82. The second-order valence-corrected chi connectivity index (χ2v) is 7.66. The van der Waals surface area contributed by atoms with Gasteiger partial charge in [-0.15, -0.1) is 0 Å². The molecule has 31 heavy (non-hydrogen) atoms. The van der Waals surface area contributed by atoms with E-state index >= 15 is 0 Å². The second kappa shape index (κ2) is 7.72. The molecule has 1 N–H and O–H groups in total. The number of anilines is 2. The van der Waals surface area contributed by atoms with Crippen LogP contribution >= 0.6 is 0 Å². The number of methoxy groups -OCH3 is 1. The first-order valence-corrected chi connectivity index (χ1v) is 10.2. The Morgan fingerprint density at radius 3 is 2.71 bits per heavy atom. The van der Waals surface area contributed by atoms with Crippen molar-refractivity contribution in [3.8, 4) is 5.75 Å². The average molecular weight is 410 g/mol. The van der Waals surface area contributed by atoms with Gasteiger partial charge in [0, 0.05) is 41.7 Å². The van der Waals surface area contributed by atoms with Crippen molar-refractivity contribution in [2.45, 2.75) is 5.92 Å². The number of likely N-dealkylation sites (tertiary alicyclic amines) is 1. The Kier molecular flexibility index (Phi) is 4.75. The van der Waals surface area contributed by atoms with Crippen molar-refractivity contribution in [1.29, 1.82) is 0 Å². The van der Waals surface area contributed by atoms with Gasteiger partial charge in [-0.2, -0.15) is 0 Å². The van der Waals surface area contributed by atoms with Gasteiger partial charge in [-0.25, -0.2) is 9.97 Å². The van der Waals surface area contributed by atoms with Gasteiger partial charge < -0.3 is 15.0 Å². The number of aromatic nitrogens is 2. The zero-order valence-electron chi connectivity index (χ0n) is 17.2. The van der Waals surface area contributed by atoms with Gasteiger partial charge in [0.2, 0.25) is 5.91 Å². The number of hydrogen-bond donors (Lipinski definition) is 1. The number of carbonyl (C=O) groups excluding carboxylic acids is 1. The molecule has 1 aromatic heterocycles. The molecular formula is C25H22N4O2. The van der Waals surface area contributed by atoms with E-state index in [1.807, 2.05) is 24.3 Å². The molecule has 1 saturated heterocycles. The van der Waals surface area contributed by atoms with Crippen molar-refractivity contribution in [3.63, 3.8) is 0 Å². The van der Waals surface area contributed by atoms with Crippen LogP contribution in [-0.2, 0) is 4.79 Å². The largest absolute Gasteiger partial charge is 0.496 e. The highest BCUT2D eigenvalue weighted by Crippen LogP contribution is 2.38. The van der Waals surface area contributed by atoms with Crippen LogP contribution in [0.5, 0.6) is 5.75 Å². The molecule has 6 nitrogen and oxygen atoms in total. The fraction of sp³-hybridized carbons (Fsp3) is 0.160. The summed E-state index contributed by atoms with van der Waals surface area (Å²) < 4.78 is 5.63. The van der Waals surface area contributed by atoms with Gasteiger partial charge in [-0.05, 0) is 35.0 Å². The molecule has 0 spiro atoms. The normalized spacial score (nSPS) is 13.8. The van der Waals surface area contributed by atoms with E-state index in [2.05, 4.69) is 52.2 Å². The number of nitrogens with zero attached hydrogens (tertiary/aromatic N) is 3. The third-order valence-electron chi connectivity index (χ3n) is 5.81. The Bertz CT molecular complexity index is 1310. The molecule has 6 heteroatoms. The number of nitrogens with one attached hydrogen (secondary N) is 1. The smallest absolute Gasteiger partial charge is 0.245 e. The van der Waals surface area contributed by atoms with Gasteiger partial charge in [0.1, 0.15) is 17.9 Å². The quantitative estimate of drug-likeness (QED) is 0.485. The molecule has 154 valence electrons. The van der Waals surface area contributed by atoms with E-state index in [4.69, 9.17) is 4.74 Å². The zero-order valence-corrected chi connectivity index (χ0v) is 17.2. The van der Waals surface area contributed by atoms with Crippen LogP contribution in [0.2, 0.25) is 0 Å². The first-order valence-electron chi connectivity index (χ1n) is 10.2. The lowest BCUT2D eigenvalue weighted by Crippen LogP contribution is -2.47. The molecule has 1 amide bonds. The third kappa shape index (κ3) is 3.46. The highest BCUT2D eigenvalue weighted by atomic mass is 16.5. The van der Waals surface area contributed by atoms with Gasteiger partial charge in [0.05, 0.1) is 12.6 Å². The molecule has 3 aromatic carbocycles. The van der Waals surface area contributed by atoms with Crippen molar-refractivity contribution < 1.29 is 9.53 Å². The summed E-state index contributed by atoms with van der Waals surface area (Å²) in [5, 5.41) is 6.71. The van der Waals surface area contributed by atoms with E-state index in [1.165, 1.54) is 11.5 Å². The van der Waals surface area contributed by atoms with Gasteiger partial charge in [0.15, 0.2) is 0 Å². The summed E-state index contributed by atoms with van der Waals surface area (Å²) in [6, 6.07) is 18.5. The molecule has 1 aliphatic heterocycles. The summed E-state index contributed by atoms with van der Waals surface area (Å²) in [6.45, 7) is 4.86. The highest BCUT2D eigenvalue weighted by molar-refractivity contribution is 5.94. The minimum Gasteiger partial charge on any atom is -0.496 e. The van der Waals surface area contributed by atoms with Crippen molar-refractivity contribution in [3.05, 3.63) is 79.1 Å². The van der Waals surface area contributed by atoms with Crippen LogP contribution in [0.25, 0.3) is 21.7 Å². The summed E-state index contributed by atoms with van der Waals surface area (Å²) in [6.07, 6.45) is 2.91. The van der Waals surface area contributed by atoms with Crippen LogP contribution < -0.4 is 10.1 Å². The summed E-state index contributed by atoms with van der Waals surface area (Å²) >= 11 is 0. The summed E-state index contributed by atoms with van der Waals surface area (Å²) in [7, 11) is 1.66. The Balaban J connectivity index is 1.51. The molecule has 5 rings (SSSR count). The average Bonchev–Trinajstić information content (AvgIpc) is 2.77. The fourth-order valence-corrected chi connectivity index (χ4v) is 4.08. The lowest BCUT2D eigenvalue weighted by atomic mass is 9.89. The van der Waals surface area contributed by atoms with E-state index in [0.717, 1.165) is 39.1 Å². The number of rotatable bonds is 5. The van der Waals surface area contributed by atoms with Gasteiger partial charge in [0.25, 0.3) is 0 Å². The molecule has 1 aliphatic rings. The molecule has 0 radical (unpaired) electrons. The van der Waals surface area contributed by atoms with Crippen molar-refractivity contribution >= 4 is 39.1 Å². The molecule has 1 fully saturated rings. The van der Waals surface area contributed by atoms with Crippen LogP contribution in [0.1, 0.15) is 11.5 Å². The molecular weight excluding hydrogens is 388 g/mol. The van der Waals surface area contributed by atoms with Crippen molar-refractivity contribution in [2.75, 3.05) is 25.5 Å². The van der Waals surface area contributed by atoms with E-state index < -0.39 is 0 Å². The van der Waals surface area contributed by atoms with Crippen molar-refractivity contribution in [2.24, 2.45) is 0 Å². The van der Waals surface area contributed by atoms with Crippen LogP contribution in [0, 0.1) is 0 Å². The molecule has 4 aromatic rings. The van der Waals surface area contributed by atoms with Gasteiger partial charge in [-0.3, -0.25) is 4.79 Å². The molecule has 0 bridgehead atoms. The highest BCUT2D eigenvalue weighted by Gasteiger charge is 2.32. The SMILES string of the molecule is C=CC(=O)N1CC(c2cc3c(Nc4ccc5ccccc5c4)ncnc3cc2OC)C1. The van der Waals surface area contributed by atoms with E-state index in [1.54, 1.807) is 18.3 Å². The Morgan fingerprint density at radius 1 is 1.13 bits per heavy atom. The van der Waals surface area contributed by atoms with Crippen LogP contribution in [0.4, 0.5) is 11.5 Å². The fourth-order valence-electron chi connectivity index (χ4n) is 4.08. The van der Waals surface area contributed by atoms with Crippen molar-refractivity contribution in [1.82, 2.24) is 14.9 Å². The molecule has 2 heterocycles. The number of hydrogen-bond acceptors (Lipinski definition) is 5. The lowest BCUT2D eigenvalue weighted by Gasteiger charge is -2.39. The topological polar surface area (TPSA) is 67.4 Å². The number of benzene rings is 3. The third-order valence-corrected chi connectivity index (χ3v) is 5.81. The van der Waals surface area contributed by atoms with Crippen LogP contribution in [0.15, 0.2) is 73.6 Å². The van der Waals surface area contributed by atoms with Crippen LogP contribution in [-0.4, -0.2) is 41.0 Å². The number of fused-ring (bicyclic) bond motifs is 2. The lowest BCUT2D eigenvalue weighted by molar-refractivity contribution is -0.130. The monoisotopic (exact) mass is 410 g/mol. The Hall–Kier alpha value is -3.93. The number of ether oxygens (including phenoxy) is 1. The maximum absolute atomic E-state index is 11.8. The van der Waals surface area contributed by atoms with Gasteiger partial charge in [-0.1, -0.05) is 36.9 Å². The maximum Gasteiger partial charge on any atom is 0.245 e. The predicted octanol–water partition coefficient (Wildman–Crippen LogP) is 4.65. The number of amides is 1. The first kappa shape index (κ1) is 19.1. The molecule has 0 unspecified atom stereocenters. The van der Waals surface area contributed by atoms with E-state index in [0.29, 0.717) is 13.1 Å². The molecule has 0 saturated carbocycles. The van der Waals surface area contributed by atoms with Crippen LogP contribution in [0.3, 0.4) is 0 Å². The second-order valence-electron chi connectivity index (χ2n) is 7.66. The Morgan fingerprint density at radius 2 is 1.94 bits per heavy atom. The standard InChI is InChI=1S/C25H22N4O2/c1-3-24(30)29-13-18(14-29)20-11-21-22(12-23(20)31-2)26-15-27-25(21)28-19-9-8-16-6-4-5-7-17(16)10-19/h3-12,15,18H,1,13-14H2,2H3,(H,26,27,28). The molecule has 0 atom stereocenters.